The van der Waals surface area contributed by atoms with Crippen molar-refractivity contribution in [2.24, 2.45) is 5.92 Å². The third-order valence-electron chi connectivity index (χ3n) is 4.03. The molecule has 1 amide bonds. The first-order valence-corrected chi connectivity index (χ1v) is 7.14. The molecule has 1 aromatic heterocycles. The number of likely N-dealkylation sites (tertiary alicyclic amines) is 1. The van der Waals surface area contributed by atoms with Crippen LogP contribution < -0.4 is 5.73 Å². The van der Waals surface area contributed by atoms with Gasteiger partial charge in [-0.25, -0.2) is 0 Å². The van der Waals surface area contributed by atoms with E-state index < -0.39 is 0 Å². The Kier molecular flexibility index (Phi) is 4.59. The summed E-state index contributed by atoms with van der Waals surface area (Å²) >= 11 is 0. The summed E-state index contributed by atoms with van der Waals surface area (Å²) in [6.45, 7) is 7.04. The lowest BCUT2D eigenvalue weighted by atomic mass is 9.96. The van der Waals surface area contributed by atoms with Gasteiger partial charge in [0.25, 0.3) is 5.91 Å². The summed E-state index contributed by atoms with van der Waals surface area (Å²) < 4.78 is 0. The number of carbonyl (C=O) groups is 1. The number of aromatic nitrogens is 3. The Hall–Kier alpha value is -1.63. The van der Waals surface area contributed by atoms with Gasteiger partial charge in [0.2, 0.25) is 11.8 Å². The highest BCUT2D eigenvalue weighted by Crippen LogP contribution is 2.19. The molecule has 20 heavy (non-hydrogen) atoms. The largest absolute Gasteiger partial charge is 0.366 e. The molecular weight excluding hydrogens is 256 g/mol. The van der Waals surface area contributed by atoms with E-state index in [4.69, 9.17) is 5.73 Å². The molecule has 0 saturated carbocycles. The van der Waals surface area contributed by atoms with Crippen LogP contribution in [-0.2, 0) is 0 Å². The van der Waals surface area contributed by atoms with Crippen LogP contribution in [0.5, 0.6) is 0 Å². The maximum atomic E-state index is 12.2. The quantitative estimate of drug-likeness (QED) is 0.842. The van der Waals surface area contributed by atoms with E-state index in [1.54, 1.807) is 0 Å². The summed E-state index contributed by atoms with van der Waals surface area (Å²) in [6.07, 6.45) is 2.07. The van der Waals surface area contributed by atoms with E-state index >= 15 is 0 Å². The van der Waals surface area contributed by atoms with Crippen LogP contribution in [0, 0.1) is 5.92 Å². The van der Waals surface area contributed by atoms with Crippen molar-refractivity contribution in [2.45, 2.75) is 32.7 Å². The lowest BCUT2D eigenvalue weighted by molar-refractivity contribution is 0.0655. The van der Waals surface area contributed by atoms with Crippen molar-refractivity contribution < 1.29 is 4.79 Å². The zero-order valence-electron chi connectivity index (χ0n) is 12.5. The van der Waals surface area contributed by atoms with E-state index in [0.29, 0.717) is 12.0 Å². The van der Waals surface area contributed by atoms with Gasteiger partial charge in [0.15, 0.2) is 0 Å². The molecule has 1 fully saturated rings. The highest BCUT2D eigenvalue weighted by atomic mass is 16.2. The third-order valence-corrected chi connectivity index (χ3v) is 4.03. The van der Waals surface area contributed by atoms with Crippen LogP contribution in [0.2, 0.25) is 0 Å². The maximum absolute atomic E-state index is 12.2. The third kappa shape index (κ3) is 3.47. The number of nitrogens with zero attached hydrogens (tertiary/aromatic N) is 4. The number of piperidine rings is 1. The molecule has 0 aliphatic carbocycles. The average Bonchev–Trinajstić information content (AvgIpc) is 2.85. The Morgan fingerprint density at radius 3 is 2.65 bits per heavy atom. The van der Waals surface area contributed by atoms with E-state index in [1.807, 2.05) is 4.90 Å². The van der Waals surface area contributed by atoms with Crippen LogP contribution in [0.1, 0.15) is 37.3 Å². The number of amides is 1. The fourth-order valence-electron chi connectivity index (χ4n) is 2.46. The average molecular weight is 280 g/mol. The first kappa shape index (κ1) is 14.8. The molecule has 0 bridgehead atoms. The molecular formula is C13H24N6O. The molecule has 3 N–H and O–H groups in total. The molecule has 0 atom stereocenters. The topological polar surface area (TPSA) is 91.1 Å². The van der Waals surface area contributed by atoms with Crippen molar-refractivity contribution in [1.29, 1.82) is 0 Å². The summed E-state index contributed by atoms with van der Waals surface area (Å²) in [4.78, 5) is 20.3. The van der Waals surface area contributed by atoms with Crippen molar-refractivity contribution in [3.8, 4) is 0 Å². The predicted molar refractivity (Wildman–Crippen MR) is 77.2 cm³/mol. The number of H-pyrrole nitrogens is 1. The van der Waals surface area contributed by atoms with Gasteiger partial charge < -0.3 is 15.5 Å². The zero-order valence-corrected chi connectivity index (χ0v) is 12.5. The van der Waals surface area contributed by atoms with Gasteiger partial charge in [0, 0.05) is 25.7 Å². The normalized spacial score (nSPS) is 17.1. The van der Waals surface area contributed by atoms with Crippen LogP contribution in [0.15, 0.2) is 0 Å². The summed E-state index contributed by atoms with van der Waals surface area (Å²) in [5, 5.41) is 6.27. The maximum Gasteiger partial charge on any atom is 0.291 e. The minimum Gasteiger partial charge on any atom is -0.366 e. The number of aromatic amines is 1. The molecule has 0 aromatic carbocycles. The Morgan fingerprint density at radius 2 is 2.15 bits per heavy atom. The van der Waals surface area contributed by atoms with Crippen LogP contribution in [0.3, 0.4) is 0 Å². The molecule has 7 nitrogen and oxygen atoms in total. The Morgan fingerprint density at radius 1 is 1.50 bits per heavy atom. The van der Waals surface area contributed by atoms with Crippen molar-refractivity contribution in [3.05, 3.63) is 5.82 Å². The molecule has 0 spiro atoms. The first-order chi connectivity index (χ1) is 9.47. The van der Waals surface area contributed by atoms with E-state index in [1.165, 1.54) is 0 Å². The molecule has 1 saturated heterocycles. The summed E-state index contributed by atoms with van der Waals surface area (Å²) in [7, 11) is 2.15. The van der Waals surface area contributed by atoms with Crippen LogP contribution in [-0.4, -0.2) is 63.6 Å². The SMILES string of the molecule is CC(C)N(C)CC1CCN(C(=O)c2nc(N)n[nH]2)CC1. The van der Waals surface area contributed by atoms with Gasteiger partial charge in [-0.15, -0.1) is 5.10 Å². The monoisotopic (exact) mass is 280 g/mol. The summed E-state index contributed by atoms with van der Waals surface area (Å²) in [6, 6.07) is 0.562. The highest BCUT2D eigenvalue weighted by molar-refractivity contribution is 5.90. The van der Waals surface area contributed by atoms with Gasteiger partial charge in [-0.2, -0.15) is 4.98 Å². The molecule has 7 heteroatoms. The molecule has 0 radical (unpaired) electrons. The first-order valence-electron chi connectivity index (χ1n) is 7.14. The standard InChI is InChI=1S/C13H24N6O/c1-9(2)18(3)8-10-4-6-19(7-5-10)12(20)11-15-13(14)17-16-11/h9-10H,4-8H2,1-3H3,(H3,14,15,16,17). The smallest absolute Gasteiger partial charge is 0.291 e. The van der Waals surface area contributed by atoms with Gasteiger partial charge in [-0.1, -0.05) is 0 Å². The number of hydrogen-bond acceptors (Lipinski definition) is 5. The van der Waals surface area contributed by atoms with Crippen LogP contribution in [0.4, 0.5) is 5.95 Å². The number of nitrogens with one attached hydrogen (secondary N) is 1. The Bertz CT molecular complexity index is 449. The molecule has 2 heterocycles. The van der Waals surface area contributed by atoms with Gasteiger partial charge >= 0.3 is 0 Å². The molecule has 1 aliphatic heterocycles. The number of rotatable bonds is 4. The number of nitrogens with two attached hydrogens (primary N) is 1. The van der Waals surface area contributed by atoms with Crippen molar-refractivity contribution in [2.75, 3.05) is 32.4 Å². The van der Waals surface area contributed by atoms with E-state index in [2.05, 4.69) is 41.0 Å². The summed E-state index contributed by atoms with van der Waals surface area (Å²) in [5.41, 5.74) is 5.42. The molecule has 1 aromatic rings. The molecule has 2 rings (SSSR count). The summed E-state index contributed by atoms with van der Waals surface area (Å²) in [5.74, 6) is 0.901. The van der Waals surface area contributed by atoms with E-state index in [-0.39, 0.29) is 17.7 Å². The molecule has 112 valence electrons. The molecule has 0 unspecified atom stereocenters. The second-order valence-corrected chi connectivity index (χ2v) is 5.81. The van der Waals surface area contributed by atoms with E-state index in [0.717, 1.165) is 32.5 Å². The van der Waals surface area contributed by atoms with Gasteiger partial charge in [-0.3, -0.25) is 9.89 Å². The lowest BCUT2D eigenvalue weighted by Crippen LogP contribution is -2.42. The second-order valence-electron chi connectivity index (χ2n) is 5.81. The Labute approximate surface area is 119 Å². The van der Waals surface area contributed by atoms with E-state index in [9.17, 15) is 4.79 Å². The zero-order chi connectivity index (χ0) is 14.7. The fraction of sp³-hybridized carbons (Fsp3) is 0.769. The highest BCUT2D eigenvalue weighted by Gasteiger charge is 2.26. The minimum absolute atomic E-state index is 0.107. The van der Waals surface area contributed by atoms with Crippen LogP contribution >= 0.6 is 0 Å². The fourth-order valence-corrected chi connectivity index (χ4v) is 2.46. The number of anilines is 1. The Balaban J connectivity index is 1.83. The number of hydrogen-bond donors (Lipinski definition) is 2. The van der Waals surface area contributed by atoms with Crippen molar-refractivity contribution in [3.63, 3.8) is 0 Å². The number of carbonyl (C=O) groups excluding carboxylic acids is 1. The van der Waals surface area contributed by atoms with Gasteiger partial charge in [-0.05, 0) is 39.7 Å². The van der Waals surface area contributed by atoms with Crippen molar-refractivity contribution in [1.82, 2.24) is 25.0 Å². The van der Waals surface area contributed by atoms with Crippen LogP contribution in [0.25, 0.3) is 0 Å². The van der Waals surface area contributed by atoms with Gasteiger partial charge in [0.05, 0.1) is 0 Å². The van der Waals surface area contributed by atoms with Gasteiger partial charge in [0.1, 0.15) is 0 Å². The number of nitrogen functional groups attached to an aromatic ring is 1. The van der Waals surface area contributed by atoms with Crippen molar-refractivity contribution >= 4 is 11.9 Å². The minimum atomic E-state index is -0.107. The second kappa shape index (κ2) is 6.21. The molecule has 1 aliphatic rings. The predicted octanol–water partition coefficient (Wildman–Crippen LogP) is 0.579. The lowest BCUT2D eigenvalue weighted by Gasteiger charge is -2.34.